The van der Waals surface area contributed by atoms with Crippen LogP contribution in [0.15, 0.2) is 27.1 Å². The van der Waals surface area contributed by atoms with Gasteiger partial charge < -0.3 is 10.2 Å². The average molecular weight is 317 g/mol. The summed E-state index contributed by atoms with van der Waals surface area (Å²) in [5, 5.41) is 1.65. The second-order valence-electron chi connectivity index (χ2n) is 5.30. The summed E-state index contributed by atoms with van der Waals surface area (Å²) in [6, 6.07) is 5.52. The third-order valence-corrected chi connectivity index (χ3v) is 3.60. The molecule has 0 bridgehead atoms. The molecule has 2 nitrogen and oxygen atoms in total. The summed E-state index contributed by atoms with van der Waals surface area (Å²) >= 11 is 9.44. The van der Waals surface area contributed by atoms with E-state index in [1.54, 1.807) is 0 Å². The van der Waals surface area contributed by atoms with Gasteiger partial charge in [0.15, 0.2) is 0 Å². The Labute approximate surface area is 114 Å². The molecule has 1 aromatic heterocycles. The SMILES string of the molecule is CC(C)(C)C(N)c1cc2cc(Cl)cc(Br)c2o1. The number of furan rings is 1. The predicted octanol–water partition coefficient (Wildman–Crippen LogP) is 4.89. The van der Waals surface area contributed by atoms with Crippen molar-refractivity contribution in [1.29, 1.82) is 0 Å². The van der Waals surface area contributed by atoms with E-state index < -0.39 is 0 Å². The van der Waals surface area contributed by atoms with Crippen molar-refractivity contribution in [3.63, 3.8) is 0 Å². The van der Waals surface area contributed by atoms with E-state index >= 15 is 0 Å². The van der Waals surface area contributed by atoms with Gasteiger partial charge in [-0.3, -0.25) is 0 Å². The molecule has 2 N–H and O–H groups in total. The molecule has 0 saturated heterocycles. The van der Waals surface area contributed by atoms with Gasteiger partial charge in [0.05, 0.1) is 10.5 Å². The average Bonchev–Trinajstić information content (AvgIpc) is 2.58. The Morgan fingerprint density at radius 2 is 1.94 bits per heavy atom. The van der Waals surface area contributed by atoms with E-state index in [-0.39, 0.29) is 11.5 Å². The molecule has 0 saturated carbocycles. The maximum absolute atomic E-state index is 6.18. The van der Waals surface area contributed by atoms with E-state index in [9.17, 15) is 0 Å². The Bertz CT molecular complexity index is 556. The van der Waals surface area contributed by atoms with Gasteiger partial charge in [-0.05, 0) is 39.5 Å². The first-order valence-electron chi connectivity index (χ1n) is 5.43. The summed E-state index contributed by atoms with van der Waals surface area (Å²) in [4.78, 5) is 0. The number of nitrogens with two attached hydrogens (primary N) is 1. The van der Waals surface area contributed by atoms with Crippen LogP contribution in [0.4, 0.5) is 0 Å². The zero-order valence-corrected chi connectivity index (χ0v) is 12.4. The number of rotatable bonds is 1. The summed E-state index contributed by atoms with van der Waals surface area (Å²) < 4.78 is 6.67. The van der Waals surface area contributed by atoms with Crippen molar-refractivity contribution in [2.45, 2.75) is 26.8 Å². The summed E-state index contributed by atoms with van der Waals surface area (Å²) in [6.45, 7) is 6.27. The minimum Gasteiger partial charge on any atom is -0.458 e. The Morgan fingerprint density at radius 3 is 2.53 bits per heavy atom. The van der Waals surface area contributed by atoms with Gasteiger partial charge in [-0.25, -0.2) is 0 Å². The van der Waals surface area contributed by atoms with Gasteiger partial charge in [-0.15, -0.1) is 0 Å². The molecule has 0 spiro atoms. The van der Waals surface area contributed by atoms with E-state index in [2.05, 4.69) is 36.7 Å². The normalized spacial score (nSPS) is 14.2. The van der Waals surface area contributed by atoms with Crippen LogP contribution in [0.1, 0.15) is 32.6 Å². The Kier molecular flexibility index (Phi) is 3.27. The van der Waals surface area contributed by atoms with E-state index in [0.717, 1.165) is 21.2 Å². The number of benzene rings is 1. The molecule has 1 unspecified atom stereocenters. The Hall–Kier alpha value is -0.510. The second kappa shape index (κ2) is 4.30. The van der Waals surface area contributed by atoms with Gasteiger partial charge in [-0.2, -0.15) is 0 Å². The molecule has 1 atom stereocenters. The van der Waals surface area contributed by atoms with Crippen LogP contribution in [-0.4, -0.2) is 0 Å². The highest BCUT2D eigenvalue weighted by molar-refractivity contribution is 9.10. The van der Waals surface area contributed by atoms with Crippen LogP contribution in [-0.2, 0) is 0 Å². The highest BCUT2D eigenvalue weighted by atomic mass is 79.9. The molecule has 0 radical (unpaired) electrons. The van der Waals surface area contributed by atoms with Crippen LogP contribution < -0.4 is 5.73 Å². The predicted molar refractivity (Wildman–Crippen MR) is 75.3 cm³/mol. The van der Waals surface area contributed by atoms with Crippen LogP contribution in [0.25, 0.3) is 11.0 Å². The Morgan fingerprint density at radius 1 is 1.29 bits per heavy atom. The molecule has 92 valence electrons. The summed E-state index contributed by atoms with van der Waals surface area (Å²) in [6.07, 6.45) is 0. The molecular formula is C13H15BrClNO. The zero-order chi connectivity index (χ0) is 12.8. The zero-order valence-electron chi connectivity index (χ0n) is 10.1. The lowest BCUT2D eigenvalue weighted by molar-refractivity contribution is 0.290. The first-order chi connectivity index (χ1) is 7.79. The molecule has 0 aliphatic rings. The maximum atomic E-state index is 6.18. The van der Waals surface area contributed by atoms with Crippen molar-refractivity contribution in [3.05, 3.63) is 33.5 Å². The third-order valence-electron chi connectivity index (χ3n) is 2.79. The lowest BCUT2D eigenvalue weighted by Gasteiger charge is -2.24. The van der Waals surface area contributed by atoms with Crippen molar-refractivity contribution >= 4 is 38.5 Å². The number of fused-ring (bicyclic) bond motifs is 1. The quantitative estimate of drug-likeness (QED) is 0.813. The minimum absolute atomic E-state index is 0.0376. The molecular weight excluding hydrogens is 302 g/mol. The van der Waals surface area contributed by atoms with Crippen LogP contribution in [0, 0.1) is 5.41 Å². The van der Waals surface area contributed by atoms with Gasteiger partial charge in [-0.1, -0.05) is 32.4 Å². The number of hydrogen-bond donors (Lipinski definition) is 1. The van der Waals surface area contributed by atoms with E-state index in [4.69, 9.17) is 21.8 Å². The summed E-state index contributed by atoms with van der Waals surface area (Å²) in [7, 11) is 0. The van der Waals surface area contributed by atoms with Gasteiger partial charge in [0, 0.05) is 10.4 Å². The lowest BCUT2D eigenvalue weighted by Crippen LogP contribution is -2.25. The number of hydrogen-bond acceptors (Lipinski definition) is 2. The molecule has 4 heteroatoms. The van der Waals surface area contributed by atoms with Crippen LogP contribution in [0.2, 0.25) is 5.02 Å². The van der Waals surface area contributed by atoms with E-state index in [1.807, 2.05) is 18.2 Å². The molecule has 17 heavy (non-hydrogen) atoms. The topological polar surface area (TPSA) is 39.2 Å². The van der Waals surface area contributed by atoms with Gasteiger partial charge >= 0.3 is 0 Å². The fourth-order valence-electron chi connectivity index (χ4n) is 1.68. The summed E-state index contributed by atoms with van der Waals surface area (Å²) in [5.74, 6) is 0.787. The lowest BCUT2D eigenvalue weighted by atomic mass is 9.86. The molecule has 0 aliphatic carbocycles. The van der Waals surface area contributed by atoms with Crippen molar-refractivity contribution in [3.8, 4) is 0 Å². The fourth-order valence-corrected chi connectivity index (χ4v) is 2.59. The van der Waals surface area contributed by atoms with Crippen molar-refractivity contribution in [2.75, 3.05) is 0 Å². The smallest absolute Gasteiger partial charge is 0.148 e. The molecule has 1 heterocycles. The van der Waals surface area contributed by atoms with E-state index in [0.29, 0.717) is 5.02 Å². The fraction of sp³-hybridized carbons (Fsp3) is 0.385. The van der Waals surface area contributed by atoms with Gasteiger partial charge in [0.1, 0.15) is 11.3 Å². The second-order valence-corrected chi connectivity index (χ2v) is 6.59. The maximum Gasteiger partial charge on any atom is 0.148 e. The number of halogens is 2. The first-order valence-corrected chi connectivity index (χ1v) is 6.60. The summed E-state index contributed by atoms with van der Waals surface area (Å²) in [5.41, 5.74) is 6.94. The molecule has 2 aromatic rings. The van der Waals surface area contributed by atoms with Crippen molar-refractivity contribution in [2.24, 2.45) is 11.1 Å². The Balaban J connectivity index is 2.56. The molecule has 0 amide bonds. The molecule has 0 aliphatic heterocycles. The standard InChI is InChI=1S/C13H15BrClNO/c1-13(2,3)12(16)10-5-7-4-8(15)6-9(14)11(7)17-10/h4-6,12H,16H2,1-3H3. The first kappa shape index (κ1) is 12.9. The van der Waals surface area contributed by atoms with Crippen molar-refractivity contribution in [1.82, 2.24) is 0 Å². The molecule has 2 rings (SSSR count). The highest BCUT2D eigenvalue weighted by Crippen LogP contribution is 2.37. The molecule has 0 fully saturated rings. The third kappa shape index (κ3) is 2.51. The van der Waals surface area contributed by atoms with Crippen LogP contribution in [0.5, 0.6) is 0 Å². The van der Waals surface area contributed by atoms with Crippen LogP contribution >= 0.6 is 27.5 Å². The van der Waals surface area contributed by atoms with Crippen LogP contribution in [0.3, 0.4) is 0 Å². The van der Waals surface area contributed by atoms with E-state index in [1.165, 1.54) is 0 Å². The van der Waals surface area contributed by atoms with Gasteiger partial charge in [0.25, 0.3) is 0 Å². The van der Waals surface area contributed by atoms with Crippen molar-refractivity contribution < 1.29 is 4.42 Å². The largest absolute Gasteiger partial charge is 0.458 e. The minimum atomic E-state index is -0.138. The molecule has 1 aromatic carbocycles. The highest BCUT2D eigenvalue weighted by Gasteiger charge is 2.25. The monoisotopic (exact) mass is 315 g/mol. The van der Waals surface area contributed by atoms with Gasteiger partial charge in [0.2, 0.25) is 0 Å².